The van der Waals surface area contributed by atoms with Crippen molar-refractivity contribution in [1.29, 1.82) is 0 Å². The Kier molecular flexibility index (Phi) is 8.50. The third-order valence-corrected chi connectivity index (χ3v) is 13.0. The molecular weight excluding hydrogens is 789 g/mol. The summed E-state index contributed by atoms with van der Waals surface area (Å²) in [5.74, 6) is 1.87. The van der Waals surface area contributed by atoms with E-state index in [1.165, 1.54) is 48.8 Å². The van der Waals surface area contributed by atoms with E-state index in [0.29, 0.717) is 17.5 Å². The molecule has 0 aliphatic heterocycles. The molecule has 0 unspecified atom stereocenters. The molecule has 0 spiro atoms. The predicted octanol–water partition coefficient (Wildman–Crippen LogP) is 15.9. The van der Waals surface area contributed by atoms with Gasteiger partial charge in [0.1, 0.15) is 0 Å². The van der Waals surface area contributed by atoms with Gasteiger partial charge in [0.15, 0.2) is 17.5 Å². The van der Waals surface area contributed by atoms with Gasteiger partial charge in [-0.1, -0.05) is 206 Å². The predicted molar refractivity (Wildman–Crippen MR) is 271 cm³/mol. The molecule has 0 saturated carbocycles. The van der Waals surface area contributed by atoms with Gasteiger partial charge in [-0.3, -0.25) is 0 Å². The van der Waals surface area contributed by atoms with Gasteiger partial charge >= 0.3 is 0 Å². The lowest BCUT2D eigenvalue weighted by Crippen LogP contribution is -2.04. The van der Waals surface area contributed by atoms with E-state index in [1.807, 2.05) is 18.2 Å². The largest absolute Gasteiger partial charge is 0.307 e. The lowest BCUT2D eigenvalue weighted by Gasteiger charge is -2.21. The SMILES string of the molecule is c1ccc(-c2ccc(-c3cc(-c4nc(-c5ccccc5)nc(-c5ccc6ccccc6c5)n4)c4ccccc4c3-n3c4cc5ccccc5cc4c4ccc5ccccc5c43)cc2)cc1. The third-order valence-electron chi connectivity index (χ3n) is 13.0. The number of benzene rings is 11. The molecule has 0 N–H and O–H groups in total. The van der Waals surface area contributed by atoms with E-state index in [0.717, 1.165) is 60.7 Å². The average Bonchev–Trinajstić information content (AvgIpc) is 3.70. The minimum Gasteiger partial charge on any atom is -0.307 e. The van der Waals surface area contributed by atoms with Gasteiger partial charge < -0.3 is 4.57 Å². The van der Waals surface area contributed by atoms with Crippen LogP contribution in [0.3, 0.4) is 0 Å². The third kappa shape index (κ3) is 6.18. The molecule has 0 saturated heterocycles. The Balaban J connectivity index is 1.15. The maximum atomic E-state index is 5.38. The standard InChI is InChI=1S/C61H38N4/c1-3-15-39(16-4-1)41-27-30-43(31-28-41)53-38-55(61-63-59(44-19-5-2-6-20-44)62-60(64-61)48-32-29-40-17-7-8-21-45(40)35-48)50-25-13-14-26-51(50)58(53)65-56-37-47-23-10-9-22-46(47)36-54(56)52-34-33-42-18-11-12-24-49(42)57(52)65/h1-38H. The molecular formula is C61H38N4. The van der Waals surface area contributed by atoms with Crippen molar-refractivity contribution in [3.8, 4) is 62.1 Å². The van der Waals surface area contributed by atoms with Crippen LogP contribution in [0.1, 0.15) is 0 Å². The molecule has 65 heavy (non-hydrogen) atoms. The highest BCUT2D eigenvalue weighted by Gasteiger charge is 2.24. The van der Waals surface area contributed by atoms with Gasteiger partial charge in [-0.15, -0.1) is 0 Å². The molecule has 0 radical (unpaired) electrons. The quantitative estimate of drug-likeness (QED) is 0.168. The molecule has 0 fully saturated rings. The normalized spacial score (nSPS) is 11.7. The summed E-state index contributed by atoms with van der Waals surface area (Å²) in [6.07, 6.45) is 0. The summed E-state index contributed by atoms with van der Waals surface area (Å²) in [5.41, 5.74) is 10.8. The van der Waals surface area contributed by atoms with E-state index < -0.39 is 0 Å². The molecule has 2 aromatic heterocycles. The molecule has 0 bridgehead atoms. The molecule has 0 atom stereocenters. The van der Waals surface area contributed by atoms with Crippen molar-refractivity contribution in [2.75, 3.05) is 0 Å². The van der Waals surface area contributed by atoms with Crippen LogP contribution in [0.4, 0.5) is 0 Å². The highest BCUT2D eigenvalue weighted by molar-refractivity contribution is 6.22. The van der Waals surface area contributed by atoms with Gasteiger partial charge in [-0.2, -0.15) is 0 Å². The van der Waals surface area contributed by atoms with Gasteiger partial charge in [0.05, 0.1) is 16.7 Å². The second-order valence-corrected chi connectivity index (χ2v) is 16.8. The molecule has 4 heteroatoms. The first kappa shape index (κ1) is 36.9. The van der Waals surface area contributed by atoms with Crippen molar-refractivity contribution in [3.63, 3.8) is 0 Å². The van der Waals surface area contributed by atoms with E-state index in [4.69, 9.17) is 15.0 Å². The van der Waals surface area contributed by atoms with Crippen LogP contribution < -0.4 is 0 Å². The zero-order valence-electron chi connectivity index (χ0n) is 35.2. The molecule has 4 nitrogen and oxygen atoms in total. The highest BCUT2D eigenvalue weighted by atomic mass is 15.0. The smallest absolute Gasteiger partial charge is 0.164 e. The fourth-order valence-corrected chi connectivity index (χ4v) is 9.84. The van der Waals surface area contributed by atoms with E-state index >= 15 is 0 Å². The van der Waals surface area contributed by atoms with Crippen molar-refractivity contribution in [1.82, 2.24) is 19.5 Å². The maximum Gasteiger partial charge on any atom is 0.164 e. The first-order chi connectivity index (χ1) is 32.2. The van der Waals surface area contributed by atoms with Crippen LogP contribution in [-0.4, -0.2) is 19.5 Å². The van der Waals surface area contributed by atoms with Gasteiger partial charge in [0.25, 0.3) is 0 Å². The fraction of sp³-hybridized carbons (Fsp3) is 0. The Bertz CT molecular complexity index is 3980. The van der Waals surface area contributed by atoms with Crippen LogP contribution in [0.25, 0.3) is 127 Å². The van der Waals surface area contributed by atoms with E-state index in [9.17, 15) is 0 Å². The second-order valence-electron chi connectivity index (χ2n) is 16.8. The van der Waals surface area contributed by atoms with Crippen LogP contribution >= 0.6 is 0 Å². The molecule has 0 aliphatic carbocycles. The van der Waals surface area contributed by atoms with Crippen LogP contribution in [-0.2, 0) is 0 Å². The minimum absolute atomic E-state index is 0.616. The van der Waals surface area contributed by atoms with Crippen molar-refractivity contribution in [3.05, 3.63) is 231 Å². The van der Waals surface area contributed by atoms with Crippen LogP contribution in [0.5, 0.6) is 0 Å². The van der Waals surface area contributed by atoms with E-state index in [2.05, 4.69) is 217 Å². The summed E-state index contributed by atoms with van der Waals surface area (Å²) in [5, 5.41) is 11.7. The number of hydrogen-bond acceptors (Lipinski definition) is 3. The lowest BCUT2D eigenvalue weighted by molar-refractivity contribution is 1.08. The number of fused-ring (bicyclic) bond motifs is 8. The average molecular weight is 827 g/mol. The Morgan fingerprint density at radius 3 is 1.51 bits per heavy atom. The molecule has 2 heterocycles. The summed E-state index contributed by atoms with van der Waals surface area (Å²) in [7, 11) is 0. The first-order valence-electron chi connectivity index (χ1n) is 22.1. The summed E-state index contributed by atoms with van der Waals surface area (Å²) < 4.78 is 2.54. The highest BCUT2D eigenvalue weighted by Crippen LogP contribution is 2.46. The first-order valence-corrected chi connectivity index (χ1v) is 22.1. The number of hydrogen-bond donors (Lipinski definition) is 0. The summed E-state index contributed by atoms with van der Waals surface area (Å²) >= 11 is 0. The monoisotopic (exact) mass is 826 g/mol. The van der Waals surface area contributed by atoms with Crippen molar-refractivity contribution in [2.24, 2.45) is 0 Å². The zero-order valence-corrected chi connectivity index (χ0v) is 35.2. The van der Waals surface area contributed by atoms with Crippen LogP contribution in [0, 0.1) is 0 Å². The summed E-state index contributed by atoms with van der Waals surface area (Å²) in [6.45, 7) is 0. The van der Waals surface area contributed by atoms with Crippen molar-refractivity contribution in [2.45, 2.75) is 0 Å². The molecule has 0 aliphatic rings. The minimum atomic E-state index is 0.616. The Morgan fingerprint density at radius 2 is 0.769 bits per heavy atom. The number of aromatic nitrogens is 4. The van der Waals surface area contributed by atoms with Crippen molar-refractivity contribution >= 4 is 64.9 Å². The molecule has 11 aromatic carbocycles. The number of rotatable bonds is 6. The molecule has 13 aromatic rings. The van der Waals surface area contributed by atoms with Gasteiger partial charge in [-0.05, 0) is 73.3 Å². The molecule has 302 valence electrons. The van der Waals surface area contributed by atoms with Gasteiger partial charge in [0, 0.05) is 43.8 Å². The Labute approximate surface area is 375 Å². The Hall–Kier alpha value is -8.73. The second kappa shape index (κ2) is 15.0. The van der Waals surface area contributed by atoms with Gasteiger partial charge in [0.2, 0.25) is 0 Å². The van der Waals surface area contributed by atoms with E-state index in [-0.39, 0.29) is 0 Å². The van der Waals surface area contributed by atoms with Crippen molar-refractivity contribution < 1.29 is 0 Å². The van der Waals surface area contributed by atoms with Crippen LogP contribution in [0.15, 0.2) is 231 Å². The topological polar surface area (TPSA) is 43.6 Å². The summed E-state index contributed by atoms with van der Waals surface area (Å²) in [6, 6.07) is 82.6. The molecule has 0 amide bonds. The maximum absolute atomic E-state index is 5.38. The van der Waals surface area contributed by atoms with Gasteiger partial charge in [-0.25, -0.2) is 15.0 Å². The lowest BCUT2D eigenvalue weighted by atomic mass is 9.92. The molecule has 13 rings (SSSR count). The fourth-order valence-electron chi connectivity index (χ4n) is 9.84. The number of nitrogens with zero attached hydrogens (tertiary/aromatic N) is 4. The Morgan fingerprint density at radius 1 is 0.262 bits per heavy atom. The summed E-state index contributed by atoms with van der Waals surface area (Å²) in [4.78, 5) is 15.9. The van der Waals surface area contributed by atoms with E-state index in [1.54, 1.807) is 0 Å². The zero-order chi connectivity index (χ0) is 42.8. The van der Waals surface area contributed by atoms with Crippen LogP contribution in [0.2, 0.25) is 0 Å².